The maximum atomic E-state index is 12.3. The molecule has 17 heavy (non-hydrogen) atoms. The molecule has 94 valence electrons. The summed E-state index contributed by atoms with van der Waals surface area (Å²) in [6.45, 7) is 3.54. The lowest BCUT2D eigenvalue weighted by molar-refractivity contribution is 0.113. The van der Waals surface area contributed by atoms with Crippen molar-refractivity contribution in [3.63, 3.8) is 0 Å². The molecule has 1 aliphatic heterocycles. The van der Waals surface area contributed by atoms with Crippen LogP contribution >= 0.6 is 0 Å². The fourth-order valence-corrected chi connectivity index (χ4v) is 2.03. The zero-order chi connectivity index (χ0) is 12.3. The van der Waals surface area contributed by atoms with Crippen molar-refractivity contribution in [2.45, 2.75) is 38.5 Å². The highest BCUT2D eigenvalue weighted by atomic mass is 19.3. The predicted molar refractivity (Wildman–Crippen MR) is 62.1 cm³/mol. The molecule has 0 aromatic heterocycles. The Kier molecular flexibility index (Phi) is 4.07. The third-order valence-corrected chi connectivity index (χ3v) is 3.18. The van der Waals surface area contributed by atoms with Gasteiger partial charge in [-0.25, -0.2) is 8.78 Å². The van der Waals surface area contributed by atoms with E-state index in [1.54, 1.807) is 12.1 Å². The Morgan fingerprint density at radius 3 is 2.59 bits per heavy atom. The van der Waals surface area contributed by atoms with Crippen molar-refractivity contribution in [1.82, 2.24) is 5.32 Å². The minimum Gasteiger partial charge on any atom is -0.377 e. The highest BCUT2D eigenvalue weighted by Crippen LogP contribution is 2.19. The molecule has 2 nitrogen and oxygen atoms in total. The van der Waals surface area contributed by atoms with Crippen molar-refractivity contribution in [3.05, 3.63) is 35.4 Å². The topological polar surface area (TPSA) is 21.3 Å². The number of alkyl halides is 2. The van der Waals surface area contributed by atoms with Crippen LogP contribution in [0.25, 0.3) is 0 Å². The minimum atomic E-state index is -2.39. The average molecular weight is 241 g/mol. The number of ether oxygens (including phenoxy) is 1. The second kappa shape index (κ2) is 5.56. The van der Waals surface area contributed by atoms with E-state index in [4.69, 9.17) is 4.74 Å². The first-order chi connectivity index (χ1) is 8.16. The summed E-state index contributed by atoms with van der Waals surface area (Å²) in [5.74, 6) is 0. The van der Waals surface area contributed by atoms with Gasteiger partial charge in [0.25, 0.3) is 6.43 Å². The summed E-state index contributed by atoms with van der Waals surface area (Å²) in [5, 5.41) is 3.38. The Hall–Kier alpha value is -1.00. The van der Waals surface area contributed by atoms with Crippen molar-refractivity contribution in [1.29, 1.82) is 0 Å². The average Bonchev–Trinajstić information content (AvgIpc) is 2.73. The number of nitrogens with one attached hydrogen (secondary N) is 1. The maximum absolute atomic E-state index is 12.3. The van der Waals surface area contributed by atoms with Gasteiger partial charge in [0.15, 0.2) is 0 Å². The molecule has 0 spiro atoms. The van der Waals surface area contributed by atoms with E-state index in [2.05, 4.69) is 5.32 Å². The van der Waals surface area contributed by atoms with Crippen molar-refractivity contribution in [2.24, 2.45) is 0 Å². The molecule has 0 amide bonds. The highest BCUT2D eigenvalue weighted by Gasteiger charge is 2.23. The molecule has 0 radical (unpaired) electrons. The largest absolute Gasteiger partial charge is 0.377 e. The number of halogens is 2. The Morgan fingerprint density at radius 1 is 1.35 bits per heavy atom. The molecule has 1 aromatic rings. The van der Waals surface area contributed by atoms with Crippen molar-refractivity contribution < 1.29 is 13.5 Å². The zero-order valence-electron chi connectivity index (χ0n) is 9.83. The maximum Gasteiger partial charge on any atom is 0.263 e. The molecule has 2 unspecified atom stereocenters. The summed E-state index contributed by atoms with van der Waals surface area (Å²) in [6, 6.07) is 6.82. The van der Waals surface area contributed by atoms with E-state index in [1.165, 1.54) is 12.1 Å². The van der Waals surface area contributed by atoms with Gasteiger partial charge in [-0.3, -0.25) is 0 Å². The Bertz CT molecular complexity index is 353. The molecule has 1 aromatic carbocycles. The molecule has 1 saturated heterocycles. The second-order valence-electron chi connectivity index (χ2n) is 4.39. The van der Waals surface area contributed by atoms with Gasteiger partial charge in [-0.2, -0.15) is 0 Å². The quantitative estimate of drug-likeness (QED) is 0.875. The van der Waals surface area contributed by atoms with Gasteiger partial charge in [0, 0.05) is 24.8 Å². The zero-order valence-corrected chi connectivity index (χ0v) is 9.83. The number of hydrogen-bond acceptors (Lipinski definition) is 2. The Morgan fingerprint density at radius 2 is 2.06 bits per heavy atom. The first kappa shape index (κ1) is 12.5. The van der Waals surface area contributed by atoms with Crippen molar-refractivity contribution in [3.8, 4) is 0 Å². The van der Waals surface area contributed by atoms with Crippen LogP contribution in [-0.4, -0.2) is 18.8 Å². The molecule has 1 N–H and O–H groups in total. The molecular weight excluding hydrogens is 224 g/mol. The number of hydrogen-bond donors (Lipinski definition) is 1. The summed E-state index contributed by atoms with van der Waals surface area (Å²) in [6.07, 6.45) is -1.15. The highest BCUT2D eigenvalue weighted by molar-refractivity contribution is 5.23. The van der Waals surface area contributed by atoms with E-state index >= 15 is 0 Å². The van der Waals surface area contributed by atoms with Gasteiger partial charge in [-0.05, 0) is 18.9 Å². The standard InChI is InChI=1S/C13H17F2NO/c1-9-12(6-7-17-9)16-8-10-2-4-11(5-3-10)13(14)15/h2-5,9,12-13,16H,6-8H2,1H3. The Balaban J connectivity index is 1.86. The fraction of sp³-hybridized carbons (Fsp3) is 0.538. The van der Waals surface area contributed by atoms with E-state index in [9.17, 15) is 8.78 Å². The molecule has 1 heterocycles. The third-order valence-electron chi connectivity index (χ3n) is 3.18. The smallest absolute Gasteiger partial charge is 0.263 e. The van der Waals surface area contributed by atoms with E-state index < -0.39 is 6.43 Å². The van der Waals surface area contributed by atoms with Gasteiger partial charge in [-0.1, -0.05) is 24.3 Å². The van der Waals surface area contributed by atoms with Gasteiger partial charge >= 0.3 is 0 Å². The number of rotatable bonds is 4. The fourth-order valence-electron chi connectivity index (χ4n) is 2.03. The van der Waals surface area contributed by atoms with Crippen LogP contribution in [-0.2, 0) is 11.3 Å². The molecule has 1 fully saturated rings. The van der Waals surface area contributed by atoms with Crippen molar-refractivity contribution >= 4 is 0 Å². The molecule has 0 saturated carbocycles. The van der Waals surface area contributed by atoms with E-state index in [0.29, 0.717) is 12.6 Å². The monoisotopic (exact) mass is 241 g/mol. The van der Waals surface area contributed by atoms with Crippen LogP contribution in [0.2, 0.25) is 0 Å². The van der Waals surface area contributed by atoms with Gasteiger partial charge in [0.05, 0.1) is 6.10 Å². The SMILES string of the molecule is CC1OCCC1NCc1ccc(C(F)F)cc1. The first-order valence-electron chi connectivity index (χ1n) is 5.89. The third kappa shape index (κ3) is 3.23. The molecule has 1 aliphatic rings. The molecule has 0 bridgehead atoms. The predicted octanol–water partition coefficient (Wildman–Crippen LogP) is 2.89. The normalized spacial score (nSPS) is 24.5. The minimum absolute atomic E-state index is 0.0753. The van der Waals surface area contributed by atoms with Crippen molar-refractivity contribution in [2.75, 3.05) is 6.61 Å². The summed E-state index contributed by atoms with van der Waals surface area (Å²) in [5.41, 5.74) is 1.10. The van der Waals surface area contributed by atoms with E-state index in [-0.39, 0.29) is 11.7 Å². The van der Waals surface area contributed by atoms with E-state index in [0.717, 1.165) is 18.6 Å². The molecular formula is C13H17F2NO. The molecule has 4 heteroatoms. The van der Waals surface area contributed by atoms with Crippen LogP contribution in [0.5, 0.6) is 0 Å². The van der Waals surface area contributed by atoms with Gasteiger partial charge in [0.2, 0.25) is 0 Å². The van der Waals surface area contributed by atoms with Crippen LogP contribution < -0.4 is 5.32 Å². The van der Waals surface area contributed by atoms with Crippen LogP contribution in [0.4, 0.5) is 8.78 Å². The lowest BCUT2D eigenvalue weighted by Gasteiger charge is -2.16. The van der Waals surface area contributed by atoms with Crippen LogP contribution in [0.15, 0.2) is 24.3 Å². The van der Waals surface area contributed by atoms with Gasteiger partial charge in [0.1, 0.15) is 0 Å². The van der Waals surface area contributed by atoms with Crippen LogP contribution in [0.1, 0.15) is 30.9 Å². The Labute approximate surface area is 100.0 Å². The summed E-state index contributed by atoms with van der Waals surface area (Å²) < 4.78 is 30.1. The van der Waals surface area contributed by atoms with E-state index in [1.807, 2.05) is 6.92 Å². The number of benzene rings is 1. The van der Waals surface area contributed by atoms with Gasteiger partial charge < -0.3 is 10.1 Å². The molecule has 2 rings (SSSR count). The lowest BCUT2D eigenvalue weighted by atomic mass is 10.1. The lowest BCUT2D eigenvalue weighted by Crippen LogP contribution is -2.34. The summed E-state index contributed by atoms with van der Waals surface area (Å²) >= 11 is 0. The van der Waals surface area contributed by atoms with Gasteiger partial charge in [-0.15, -0.1) is 0 Å². The second-order valence-corrected chi connectivity index (χ2v) is 4.39. The van der Waals surface area contributed by atoms with Crippen LogP contribution in [0.3, 0.4) is 0 Å². The molecule has 2 atom stereocenters. The molecule has 0 aliphatic carbocycles. The first-order valence-corrected chi connectivity index (χ1v) is 5.89. The van der Waals surface area contributed by atoms with Crippen LogP contribution in [0, 0.1) is 0 Å². The summed E-state index contributed by atoms with van der Waals surface area (Å²) in [4.78, 5) is 0. The summed E-state index contributed by atoms with van der Waals surface area (Å²) in [7, 11) is 0.